The third-order valence-electron chi connectivity index (χ3n) is 3.54. The molecule has 0 aliphatic rings. The van der Waals surface area contributed by atoms with Gasteiger partial charge in [-0.1, -0.05) is 69.1 Å². The lowest BCUT2D eigenvalue weighted by atomic mass is 9.72. The van der Waals surface area contributed by atoms with Crippen LogP contribution >= 0.6 is 27.5 Å². The number of benzene rings is 1. The smallest absolute Gasteiger partial charge is 0.148 e. The Labute approximate surface area is 146 Å². The molecule has 0 heterocycles. The average molecular weight is 388 g/mol. The zero-order valence-electron chi connectivity index (χ0n) is 14.1. The van der Waals surface area contributed by atoms with E-state index >= 15 is 0 Å². The minimum Gasteiger partial charge on any atom is -0.298 e. The number of hydrogen-bond acceptors (Lipinski definition) is 2. The Hall–Kier alpha value is -0.670. The van der Waals surface area contributed by atoms with Gasteiger partial charge in [0, 0.05) is 20.3 Å². The van der Waals surface area contributed by atoms with Gasteiger partial charge in [-0.25, -0.2) is 0 Å². The summed E-state index contributed by atoms with van der Waals surface area (Å²) in [6.07, 6.45) is 0.368. The molecule has 0 atom stereocenters. The summed E-state index contributed by atoms with van der Waals surface area (Å²) >= 11 is 9.53. The summed E-state index contributed by atoms with van der Waals surface area (Å²) in [7, 11) is 0. The van der Waals surface area contributed by atoms with Gasteiger partial charge < -0.3 is 0 Å². The number of ketones is 2. The van der Waals surface area contributed by atoms with Crippen LogP contribution in [0.25, 0.3) is 0 Å². The predicted molar refractivity (Wildman–Crippen MR) is 95.3 cm³/mol. The molecular formula is C18H24BrClO2. The van der Waals surface area contributed by atoms with Gasteiger partial charge in [0.25, 0.3) is 0 Å². The van der Waals surface area contributed by atoms with Gasteiger partial charge in [0.2, 0.25) is 0 Å². The van der Waals surface area contributed by atoms with E-state index in [2.05, 4.69) is 15.9 Å². The first-order chi connectivity index (χ1) is 9.84. The van der Waals surface area contributed by atoms with Crippen LogP contribution in [0.15, 0.2) is 22.7 Å². The summed E-state index contributed by atoms with van der Waals surface area (Å²) in [6, 6.07) is 5.43. The molecule has 1 aromatic rings. The number of Topliss-reactive ketones (excluding diaryl/α,β-unsaturated/α-hetero) is 2. The number of rotatable bonds is 4. The van der Waals surface area contributed by atoms with Crippen LogP contribution in [0.5, 0.6) is 0 Å². The molecule has 1 aromatic carbocycles. The summed E-state index contributed by atoms with van der Waals surface area (Å²) in [6.45, 7) is 11.1. The molecule has 1 rings (SSSR count). The molecule has 0 bridgehead atoms. The minimum atomic E-state index is -0.658. The molecule has 0 spiro atoms. The molecule has 0 N–H and O–H groups in total. The van der Waals surface area contributed by atoms with Crippen molar-refractivity contribution in [3.63, 3.8) is 0 Å². The summed E-state index contributed by atoms with van der Waals surface area (Å²) < 4.78 is 0.866. The zero-order chi connectivity index (χ0) is 17.3. The van der Waals surface area contributed by atoms with Crippen LogP contribution in [0.4, 0.5) is 0 Å². The van der Waals surface area contributed by atoms with Crippen molar-refractivity contribution in [1.29, 1.82) is 0 Å². The normalized spacial score (nSPS) is 12.6. The van der Waals surface area contributed by atoms with Crippen molar-refractivity contribution in [1.82, 2.24) is 0 Å². The second-order valence-corrected chi connectivity index (χ2v) is 9.01. The standard InChI is InChI=1S/C18H24BrClO2/c1-17(2,3)15(21)13(16(22)18(4,5)6)10-11-9-12(20)7-8-14(11)19/h7-9,13H,10H2,1-6H3. The first-order valence-corrected chi connectivity index (χ1v) is 8.53. The molecule has 0 fully saturated rings. The van der Waals surface area contributed by atoms with E-state index in [1.807, 2.05) is 53.7 Å². The Morgan fingerprint density at radius 1 is 1.05 bits per heavy atom. The van der Waals surface area contributed by atoms with Crippen LogP contribution in [0.3, 0.4) is 0 Å². The molecule has 0 saturated heterocycles. The fourth-order valence-electron chi connectivity index (χ4n) is 2.27. The first-order valence-electron chi connectivity index (χ1n) is 7.36. The van der Waals surface area contributed by atoms with Crippen molar-refractivity contribution >= 4 is 39.1 Å². The number of carbonyl (C=O) groups is 2. The van der Waals surface area contributed by atoms with Crippen molar-refractivity contribution in [2.75, 3.05) is 0 Å². The highest BCUT2D eigenvalue weighted by Gasteiger charge is 2.39. The lowest BCUT2D eigenvalue weighted by Crippen LogP contribution is -2.40. The summed E-state index contributed by atoms with van der Waals surface area (Å²) in [5.41, 5.74) is -0.236. The van der Waals surface area contributed by atoms with Gasteiger partial charge in [-0.3, -0.25) is 9.59 Å². The molecule has 0 saturated carbocycles. The maximum absolute atomic E-state index is 12.8. The fourth-order valence-corrected chi connectivity index (χ4v) is 2.87. The minimum absolute atomic E-state index is 0.0284. The van der Waals surface area contributed by atoms with E-state index in [-0.39, 0.29) is 11.6 Å². The van der Waals surface area contributed by atoms with Gasteiger partial charge in [0.05, 0.1) is 5.92 Å². The fraction of sp³-hybridized carbons (Fsp3) is 0.556. The molecule has 2 nitrogen and oxygen atoms in total. The molecule has 122 valence electrons. The first kappa shape index (κ1) is 19.4. The van der Waals surface area contributed by atoms with E-state index in [0.29, 0.717) is 11.4 Å². The highest BCUT2D eigenvalue weighted by Crippen LogP contribution is 2.32. The highest BCUT2D eigenvalue weighted by atomic mass is 79.9. The van der Waals surface area contributed by atoms with E-state index in [1.165, 1.54) is 0 Å². The van der Waals surface area contributed by atoms with Crippen molar-refractivity contribution in [3.05, 3.63) is 33.3 Å². The van der Waals surface area contributed by atoms with Crippen molar-refractivity contribution in [2.24, 2.45) is 16.7 Å². The van der Waals surface area contributed by atoms with Gasteiger partial charge in [-0.2, -0.15) is 0 Å². The third-order valence-corrected chi connectivity index (χ3v) is 4.55. The van der Waals surface area contributed by atoms with E-state index in [9.17, 15) is 9.59 Å². The Balaban J connectivity index is 3.25. The van der Waals surface area contributed by atoms with Crippen LogP contribution in [0, 0.1) is 16.7 Å². The molecule has 22 heavy (non-hydrogen) atoms. The summed E-state index contributed by atoms with van der Waals surface area (Å²) in [4.78, 5) is 25.6. The number of halogens is 2. The van der Waals surface area contributed by atoms with Crippen LogP contribution < -0.4 is 0 Å². The summed E-state index contributed by atoms with van der Waals surface area (Å²) in [5.74, 6) is -0.714. The summed E-state index contributed by atoms with van der Waals surface area (Å²) in [5, 5.41) is 0.600. The van der Waals surface area contributed by atoms with Gasteiger partial charge in [-0.05, 0) is 30.2 Å². The molecule has 0 aliphatic carbocycles. The highest BCUT2D eigenvalue weighted by molar-refractivity contribution is 9.10. The average Bonchev–Trinajstić information content (AvgIpc) is 2.36. The topological polar surface area (TPSA) is 34.1 Å². The van der Waals surface area contributed by atoms with Crippen molar-refractivity contribution < 1.29 is 9.59 Å². The number of carbonyl (C=O) groups excluding carboxylic acids is 2. The Kier molecular flexibility index (Phi) is 6.02. The van der Waals surface area contributed by atoms with Gasteiger partial charge in [-0.15, -0.1) is 0 Å². The SMILES string of the molecule is CC(C)(C)C(=O)C(Cc1cc(Cl)ccc1Br)C(=O)C(C)(C)C. The van der Waals surface area contributed by atoms with Crippen molar-refractivity contribution in [3.8, 4) is 0 Å². The van der Waals surface area contributed by atoms with Crippen LogP contribution in [-0.2, 0) is 16.0 Å². The second-order valence-electron chi connectivity index (χ2n) is 7.72. The zero-order valence-corrected chi connectivity index (χ0v) is 16.4. The lowest BCUT2D eigenvalue weighted by Gasteiger charge is -2.29. The van der Waals surface area contributed by atoms with Gasteiger partial charge in [0.15, 0.2) is 0 Å². The van der Waals surface area contributed by atoms with E-state index in [0.717, 1.165) is 10.0 Å². The van der Waals surface area contributed by atoms with Crippen molar-refractivity contribution in [2.45, 2.75) is 48.0 Å². The maximum atomic E-state index is 12.8. The monoisotopic (exact) mass is 386 g/mol. The largest absolute Gasteiger partial charge is 0.298 e. The maximum Gasteiger partial charge on any atom is 0.148 e. The Morgan fingerprint density at radius 2 is 1.50 bits per heavy atom. The molecule has 4 heteroatoms. The number of hydrogen-bond donors (Lipinski definition) is 0. The van der Waals surface area contributed by atoms with E-state index in [1.54, 1.807) is 6.07 Å². The third kappa shape index (κ3) is 4.92. The Morgan fingerprint density at radius 3 is 1.91 bits per heavy atom. The van der Waals surface area contributed by atoms with Crippen LogP contribution in [-0.4, -0.2) is 11.6 Å². The van der Waals surface area contributed by atoms with Gasteiger partial charge in [0.1, 0.15) is 11.6 Å². The molecule has 0 aromatic heterocycles. The van der Waals surface area contributed by atoms with Crippen LogP contribution in [0.2, 0.25) is 5.02 Å². The van der Waals surface area contributed by atoms with E-state index in [4.69, 9.17) is 11.6 Å². The van der Waals surface area contributed by atoms with Crippen LogP contribution in [0.1, 0.15) is 47.1 Å². The molecule has 0 radical (unpaired) electrons. The quantitative estimate of drug-likeness (QED) is 0.640. The van der Waals surface area contributed by atoms with Gasteiger partial charge >= 0.3 is 0 Å². The molecular weight excluding hydrogens is 364 g/mol. The Bertz CT molecular complexity index is 554. The predicted octanol–water partition coefficient (Wildman–Crippen LogP) is 5.49. The molecule has 0 amide bonds. The second kappa shape index (κ2) is 6.84. The van der Waals surface area contributed by atoms with E-state index < -0.39 is 16.7 Å². The molecule has 0 aliphatic heterocycles. The lowest BCUT2D eigenvalue weighted by molar-refractivity contribution is -0.141. The molecule has 0 unspecified atom stereocenters.